The summed E-state index contributed by atoms with van der Waals surface area (Å²) in [7, 11) is 4.56. The number of rotatable bonds is 7. The first kappa shape index (κ1) is 25.8. The molecular formula is C27H30O12. The fourth-order valence-electron chi connectivity index (χ4n) is 6.06. The minimum absolute atomic E-state index is 0.0473. The number of benzene rings is 2. The van der Waals surface area contributed by atoms with Crippen LogP contribution in [0.2, 0.25) is 0 Å². The lowest BCUT2D eigenvalue weighted by atomic mass is 9.67. The fraction of sp³-hybridized carbons (Fsp3) is 0.519. The van der Waals surface area contributed by atoms with Crippen LogP contribution in [0.15, 0.2) is 18.2 Å². The van der Waals surface area contributed by atoms with Gasteiger partial charge in [0.1, 0.15) is 18.3 Å². The highest BCUT2D eigenvalue weighted by molar-refractivity contribution is 5.79. The van der Waals surface area contributed by atoms with Crippen molar-refractivity contribution >= 4 is 5.97 Å². The van der Waals surface area contributed by atoms with Crippen LogP contribution in [0.1, 0.15) is 22.6 Å². The molecule has 0 radical (unpaired) electrons. The Bertz CT molecular complexity index is 1250. The van der Waals surface area contributed by atoms with Gasteiger partial charge in [0.05, 0.1) is 40.5 Å². The monoisotopic (exact) mass is 546 g/mol. The number of carbonyl (C=O) groups is 1. The van der Waals surface area contributed by atoms with Crippen LogP contribution in [0, 0.1) is 11.8 Å². The van der Waals surface area contributed by atoms with E-state index in [1.54, 1.807) is 12.1 Å². The summed E-state index contributed by atoms with van der Waals surface area (Å²) in [5.74, 6) is 0.823. The molecule has 1 aliphatic carbocycles. The first-order chi connectivity index (χ1) is 18.9. The molecule has 2 aromatic carbocycles. The summed E-state index contributed by atoms with van der Waals surface area (Å²) < 4.78 is 45.4. The van der Waals surface area contributed by atoms with Crippen LogP contribution in [-0.2, 0) is 20.7 Å². The van der Waals surface area contributed by atoms with Gasteiger partial charge >= 0.3 is 5.97 Å². The van der Waals surface area contributed by atoms with E-state index in [0.717, 1.165) is 16.7 Å². The molecule has 2 saturated heterocycles. The molecule has 0 amide bonds. The third-order valence-corrected chi connectivity index (χ3v) is 7.92. The van der Waals surface area contributed by atoms with Crippen LogP contribution in [0.25, 0.3) is 0 Å². The van der Waals surface area contributed by atoms with Crippen LogP contribution in [0.3, 0.4) is 0 Å². The van der Waals surface area contributed by atoms with E-state index in [4.69, 9.17) is 37.9 Å². The summed E-state index contributed by atoms with van der Waals surface area (Å²) in [6, 6.07) is 5.44. The van der Waals surface area contributed by atoms with Crippen molar-refractivity contribution in [3.8, 4) is 34.5 Å². The van der Waals surface area contributed by atoms with Gasteiger partial charge in [-0.25, -0.2) is 0 Å². The highest BCUT2D eigenvalue weighted by Crippen LogP contribution is 2.56. The number of aliphatic hydroxyl groups is 3. The Labute approximate surface area is 223 Å². The molecule has 6 rings (SSSR count). The molecule has 2 fully saturated rings. The lowest BCUT2D eigenvalue weighted by Gasteiger charge is -2.35. The minimum atomic E-state index is -1.41. The standard InChI is InChI=1S/C27H30O12/c1-32-15-5-11(6-16(33-2)24(15)34-3)19-13-7-17-25(37-10-36-17)23(14(13)4-12-9-35-26(31)20(12)19)39-27-22(30)21(29)18(8-28)38-27/h5-7,12,18-22,27-30H,4,8-10H2,1-3H3/t12-,18-,19+,20-,21+,22+,27+/m0/s1. The van der Waals surface area contributed by atoms with Gasteiger partial charge in [-0.1, -0.05) is 0 Å². The van der Waals surface area contributed by atoms with Crippen molar-refractivity contribution in [3.63, 3.8) is 0 Å². The smallest absolute Gasteiger partial charge is 0.310 e. The van der Waals surface area contributed by atoms with E-state index in [1.807, 2.05) is 6.07 Å². The van der Waals surface area contributed by atoms with Crippen molar-refractivity contribution in [1.29, 1.82) is 0 Å². The molecule has 0 aromatic heterocycles. The van der Waals surface area contributed by atoms with Gasteiger partial charge in [-0.3, -0.25) is 4.79 Å². The van der Waals surface area contributed by atoms with E-state index in [1.165, 1.54) is 21.3 Å². The minimum Gasteiger partial charge on any atom is -0.493 e. The molecule has 4 aliphatic rings. The Balaban J connectivity index is 1.51. The zero-order valence-electron chi connectivity index (χ0n) is 21.6. The number of hydrogen-bond donors (Lipinski definition) is 3. The molecule has 3 N–H and O–H groups in total. The predicted molar refractivity (Wildman–Crippen MR) is 131 cm³/mol. The number of cyclic esters (lactones) is 1. The maximum Gasteiger partial charge on any atom is 0.310 e. The van der Waals surface area contributed by atoms with Crippen molar-refractivity contribution in [2.75, 3.05) is 41.3 Å². The number of esters is 1. The molecule has 0 unspecified atom stereocenters. The SMILES string of the molecule is COc1cc([C@@H]2c3cc4c(c(O[C@H]5O[C@@H](CO)[C@@H](O)[C@H]5O)c3C[C@H]3COC(=O)[C@@H]32)OCO4)cc(OC)c1OC. The number of ether oxygens (including phenoxy) is 8. The Morgan fingerprint density at radius 3 is 2.33 bits per heavy atom. The lowest BCUT2D eigenvalue weighted by Crippen LogP contribution is -2.36. The largest absolute Gasteiger partial charge is 0.493 e. The summed E-state index contributed by atoms with van der Waals surface area (Å²) in [5, 5.41) is 30.4. The summed E-state index contributed by atoms with van der Waals surface area (Å²) >= 11 is 0. The van der Waals surface area contributed by atoms with E-state index in [9.17, 15) is 20.1 Å². The first-order valence-electron chi connectivity index (χ1n) is 12.6. The van der Waals surface area contributed by atoms with Gasteiger partial charge in [0, 0.05) is 17.4 Å². The van der Waals surface area contributed by atoms with Gasteiger partial charge < -0.3 is 53.2 Å². The Morgan fingerprint density at radius 2 is 1.69 bits per heavy atom. The van der Waals surface area contributed by atoms with Gasteiger partial charge in [0.2, 0.25) is 24.6 Å². The molecule has 0 spiro atoms. The predicted octanol–water partition coefficient (Wildman–Crippen LogP) is 0.736. The second-order valence-corrected chi connectivity index (χ2v) is 9.89. The third kappa shape index (κ3) is 4.01. The summed E-state index contributed by atoms with van der Waals surface area (Å²) in [5.41, 5.74) is 2.21. The summed E-state index contributed by atoms with van der Waals surface area (Å²) in [4.78, 5) is 13.1. The number of hydrogen-bond acceptors (Lipinski definition) is 12. The zero-order chi connectivity index (χ0) is 27.4. The van der Waals surface area contributed by atoms with E-state index in [0.29, 0.717) is 35.2 Å². The van der Waals surface area contributed by atoms with Crippen molar-refractivity contribution < 1.29 is 58.0 Å². The van der Waals surface area contributed by atoms with Crippen LogP contribution < -0.4 is 28.4 Å². The Kier molecular flexibility index (Phi) is 6.58. The zero-order valence-corrected chi connectivity index (χ0v) is 21.6. The third-order valence-electron chi connectivity index (χ3n) is 7.92. The average molecular weight is 547 g/mol. The van der Waals surface area contributed by atoms with Crippen LogP contribution >= 0.6 is 0 Å². The van der Waals surface area contributed by atoms with Gasteiger partial charge in [-0.15, -0.1) is 0 Å². The molecule has 12 nitrogen and oxygen atoms in total. The number of aliphatic hydroxyl groups excluding tert-OH is 3. The van der Waals surface area contributed by atoms with E-state index >= 15 is 0 Å². The molecule has 3 aliphatic heterocycles. The van der Waals surface area contributed by atoms with Gasteiger partial charge in [-0.2, -0.15) is 0 Å². The maximum atomic E-state index is 13.1. The quantitative estimate of drug-likeness (QED) is 0.420. The van der Waals surface area contributed by atoms with Crippen LogP contribution in [0.5, 0.6) is 34.5 Å². The van der Waals surface area contributed by atoms with Gasteiger partial charge in [0.25, 0.3) is 0 Å². The number of methoxy groups -OCH3 is 3. The van der Waals surface area contributed by atoms with Crippen molar-refractivity contribution in [2.24, 2.45) is 11.8 Å². The Morgan fingerprint density at radius 1 is 0.949 bits per heavy atom. The van der Waals surface area contributed by atoms with Crippen LogP contribution in [-0.4, -0.2) is 87.2 Å². The van der Waals surface area contributed by atoms with E-state index in [-0.39, 0.29) is 31.0 Å². The van der Waals surface area contributed by atoms with Gasteiger partial charge in [0.15, 0.2) is 23.0 Å². The first-order valence-corrected chi connectivity index (χ1v) is 12.6. The normalized spacial score (nSPS) is 30.4. The number of fused-ring (bicyclic) bond motifs is 3. The molecule has 3 heterocycles. The average Bonchev–Trinajstić information content (AvgIpc) is 3.65. The molecular weight excluding hydrogens is 516 g/mol. The highest BCUT2D eigenvalue weighted by Gasteiger charge is 2.51. The molecule has 0 saturated carbocycles. The van der Waals surface area contributed by atoms with Crippen molar-refractivity contribution in [2.45, 2.75) is 36.9 Å². The van der Waals surface area contributed by atoms with Crippen molar-refractivity contribution in [3.05, 3.63) is 34.9 Å². The molecule has 12 heteroatoms. The van der Waals surface area contributed by atoms with E-state index in [2.05, 4.69) is 0 Å². The topological polar surface area (TPSA) is 152 Å². The molecule has 39 heavy (non-hydrogen) atoms. The van der Waals surface area contributed by atoms with E-state index < -0.39 is 43.0 Å². The summed E-state index contributed by atoms with van der Waals surface area (Å²) in [6.07, 6.45) is -4.59. The van der Waals surface area contributed by atoms with Crippen molar-refractivity contribution in [1.82, 2.24) is 0 Å². The fourth-order valence-corrected chi connectivity index (χ4v) is 6.06. The molecule has 7 atom stereocenters. The molecule has 0 bridgehead atoms. The number of carbonyl (C=O) groups excluding carboxylic acids is 1. The summed E-state index contributed by atoms with van der Waals surface area (Å²) in [6.45, 7) is -0.310. The molecule has 2 aromatic rings. The second kappa shape index (κ2) is 9.94. The second-order valence-electron chi connectivity index (χ2n) is 9.89. The highest BCUT2D eigenvalue weighted by atomic mass is 16.7. The lowest BCUT2D eigenvalue weighted by molar-refractivity contribution is -0.141. The van der Waals surface area contributed by atoms with Gasteiger partial charge in [-0.05, 0) is 35.7 Å². The Hall–Kier alpha value is -3.45. The maximum absolute atomic E-state index is 13.1. The van der Waals surface area contributed by atoms with Crippen LogP contribution in [0.4, 0.5) is 0 Å². The molecule has 210 valence electrons.